The number of carbonyl (C=O) groups is 2. The molecule has 100 valence electrons. The van der Waals surface area contributed by atoms with Crippen LogP contribution in [0.15, 0.2) is 24.5 Å². The molecule has 0 atom stereocenters. The summed E-state index contributed by atoms with van der Waals surface area (Å²) in [4.78, 5) is 27.1. The first-order valence-corrected chi connectivity index (χ1v) is 6.81. The number of aliphatic carboxylic acids is 1. The number of carboxylic acid groups (broad SMARTS) is 1. The second kappa shape index (κ2) is 5.79. The van der Waals surface area contributed by atoms with Crippen molar-refractivity contribution in [2.45, 2.75) is 26.2 Å². The maximum atomic E-state index is 11.8. The molecule has 6 heteroatoms. The number of aromatic nitrogens is 2. The molecule has 19 heavy (non-hydrogen) atoms. The first-order valence-electron chi connectivity index (χ1n) is 5.99. The van der Waals surface area contributed by atoms with Crippen molar-refractivity contribution in [2.24, 2.45) is 0 Å². The maximum absolute atomic E-state index is 11.8. The molecule has 0 bridgehead atoms. The second-order valence-corrected chi connectivity index (χ2v) is 5.08. The van der Waals surface area contributed by atoms with E-state index in [0.29, 0.717) is 4.88 Å². The van der Waals surface area contributed by atoms with Crippen molar-refractivity contribution in [3.8, 4) is 5.00 Å². The maximum Gasteiger partial charge on any atom is 0.303 e. The number of carboxylic acids is 1. The van der Waals surface area contributed by atoms with Crippen LogP contribution in [0.25, 0.3) is 5.00 Å². The van der Waals surface area contributed by atoms with Gasteiger partial charge in [0.15, 0.2) is 5.78 Å². The predicted octanol–water partition coefficient (Wildman–Crippen LogP) is 2.54. The summed E-state index contributed by atoms with van der Waals surface area (Å²) in [7, 11) is 0. The lowest BCUT2D eigenvalue weighted by Crippen LogP contribution is -2.01. The molecule has 2 aromatic rings. The lowest BCUT2D eigenvalue weighted by molar-refractivity contribution is -0.136. The Kier molecular flexibility index (Phi) is 4.11. The number of thiophene rings is 1. The Morgan fingerprint density at radius 1 is 1.37 bits per heavy atom. The van der Waals surface area contributed by atoms with Crippen LogP contribution in [-0.4, -0.2) is 26.4 Å². The fraction of sp³-hybridized carbons (Fsp3) is 0.308. The highest BCUT2D eigenvalue weighted by Crippen LogP contribution is 2.23. The van der Waals surface area contributed by atoms with Crippen molar-refractivity contribution in [1.82, 2.24) is 9.55 Å². The highest BCUT2D eigenvalue weighted by molar-refractivity contribution is 7.16. The van der Waals surface area contributed by atoms with Crippen molar-refractivity contribution in [3.63, 3.8) is 0 Å². The van der Waals surface area contributed by atoms with Crippen molar-refractivity contribution < 1.29 is 14.7 Å². The van der Waals surface area contributed by atoms with Gasteiger partial charge < -0.3 is 5.11 Å². The van der Waals surface area contributed by atoms with E-state index in [1.807, 2.05) is 23.8 Å². The molecule has 0 saturated carbocycles. The van der Waals surface area contributed by atoms with Gasteiger partial charge in [-0.2, -0.15) is 0 Å². The Morgan fingerprint density at radius 3 is 2.84 bits per heavy atom. The average molecular weight is 278 g/mol. The molecule has 2 rings (SSSR count). The summed E-state index contributed by atoms with van der Waals surface area (Å²) in [6.45, 7) is 2.02. The minimum Gasteiger partial charge on any atom is -0.481 e. The molecule has 0 amide bonds. The summed E-state index contributed by atoms with van der Waals surface area (Å²) in [6.07, 6.45) is 4.31. The van der Waals surface area contributed by atoms with Gasteiger partial charge in [0.25, 0.3) is 0 Å². The second-order valence-electron chi connectivity index (χ2n) is 4.02. The number of hydrogen-bond donors (Lipinski definition) is 1. The number of aryl methyl sites for hydroxylation is 1. The summed E-state index contributed by atoms with van der Waals surface area (Å²) in [5.41, 5.74) is 0. The number of rotatable bonds is 6. The quantitative estimate of drug-likeness (QED) is 0.824. The van der Waals surface area contributed by atoms with E-state index in [2.05, 4.69) is 4.98 Å². The largest absolute Gasteiger partial charge is 0.481 e. The molecule has 0 spiro atoms. The zero-order valence-electron chi connectivity index (χ0n) is 10.5. The number of hydrogen-bond acceptors (Lipinski definition) is 4. The van der Waals surface area contributed by atoms with Crippen molar-refractivity contribution in [1.29, 1.82) is 0 Å². The van der Waals surface area contributed by atoms with Crippen LogP contribution in [0.5, 0.6) is 0 Å². The van der Waals surface area contributed by atoms with E-state index in [4.69, 9.17) is 5.11 Å². The lowest BCUT2D eigenvalue weighted by Gasteiger charge is -2.01. The van der Waals surface area contributed by atoms with Gasteiger partial charge in [-0.3, -0.25) is 14.2 Å². The number of ketones is 1. The summed E-state index contributed by atoms with van der Waals surface area (Å²) < 4.78 is 1.94. The third-order valence-corrected chi connectivity index (χ3v) is 3.83. The van der Waals surface area contributed by atoms with E-state index >= 15 is 0 Å². The molecule has 0 aliphatic heterocycles. The standard InChI is InChI=1S/C13H14N2O3S/c1-2-11-14-7-8-15(11)12-5-4-10(19-12)9(16)3-6-13(17)18/h4-5,7-8H,2-3,6H2,1H3,(H,17,18). The zero-order valence-corrected chi connectivity index (χ0v) is 11.3. The lowest BCUT2D eigenvalue weighted by atomic mass is 10.2. The van der Waals surface area contributed by atoms with Crippen molar-refractivity contribution in [2.75, 3.05) is 0 Å². The monoisotopic (exact) mass is 278 g/mol. The van der Waals surface area contributed by atoms with Crippen molar-refractivity contribution >= 4 is 23.1 Å². The zero-order chi connectivity index (χ0) is 13.8. The summed E-state index contributed by atoms with van der Waals surface area (Å²) in [5, 5.41) is 9.50. The van der Waals surface area contributed by atoms with Gasteiger partial charge in [0.1, 0.15) is 10.8 Å². The molecular formula is C13H14N2O3S. The van der Waals surface area contributed by atoms with Gasteiger partial charge >= 0.3 is 5.97 Å². The Morgan fingerprint density at radius 2 is 2.16 bits per heavy atom. The molecule has 0 aromatic carbocycles. The van der Waals surface area contributed by atoms with Crippen LogP contribution in [0.2, 0.25) is 0 Å². The van der Waals surface area contributed by atoms with Crippen LogP contribution >= 0.6 is 11.3 Å². The first-order chi connectivity index (χ1) is 9.11. The van der Waals surface area contributed by atoms with Gasteiger partial charge in [0, 0.05) is 25.2 Å². The van der Waals surface area contributed by atoms with Crippen molar-refractivity contribution in [3.05, 3.63) is 35.2 Å². The average Bonchev–Trinajstić information content (AvgIpc) is 3.03. The van der Waals surface area contributed by atoms with Crippen LogP contribution < -0.4 is 0 Å². The van der Waals surface area contributed by atoms with Gasteiger partial charge in [0.2, 0.25) is 0 Å². The number of imidazole rings is 1. The van der Waals surface area contributed by atoms with E-state index in [9.17, 15) is 9.59 Å². The minimum absolute atomic E-state index is 0.0415. The van der Waals surface area contributed by atoms with Gasteiger partial charge in [-0.25, -0.2) is 4.98 Å². The summed E-state index contributed by atoms with van der Waals surface area (Å²) in [6, 6.07) is 3.60. The smallest absolute Gasteiger partial charge is 0.303 e. The number of Topliss-reactive ketones (excluding diaryl/α,β-unsaturated/α-hetero) is 1. The molecule has 0 aliphatic carbocycles. The third kappa shape index (κ3) is 3.08. The summed E-state index contributed by atoms with van der Waals surface area (Å²) >= 11 is 1.36. The van der Waals surface area contributed by atoms with Gasteiger partial charge in [-0.05, 0) is 12.1 Å². The Bertz CT molecular complexity index is 601. The van der Waals surface area contributed by atoms with E-state index in [1.54, 1.807) is 12.3 Å². The van der Waals surface area contributed by atoms with Crippen LogP contribution in [0.3, 0.4) is 0 Å². The van der Waals surface area contributed by atoms with E-state index in [-0.39, 0.29) is 18.6 Å². The molecule has 1 N–H and O–H groups in total. The van der Waals surface area contributed by atoms with Gasteiger partial charge in [-0.15, -0.1) is 11.3 Å². The summed E-state index contributed by atoms with van der Waals surface area (Å²) in [5.74, 6) is -0.142. The van der Waals surface area contributed by atoms with E-state index in [1.165, 1.54) is 11.3 Å². The fourth-order valence-corrected chi connectivity index (χ4v) is 2.73. The number of carbonyl (C=O) groups excluding carboxylic acids is 1. The molecular weight excluding hydrogens is 264 g/mol. The topological polar surface area (TPSA) is 72.2 Å². The predicted molar refractivity (Wildman–Crippen MR) is 72.0 cm³/mol. The molecule has 0 radical (unpaired) electrons. The fourth-order valence-electron chi connectivity index (χ4n) is 1.75. The highest BCUT2D eigenvalue weighted by atomic mass is 32.1. The van der Waals surface area contributed by atoms with Crippen LogP contribution in [-0.2, 0) is 11.2 Å². The molecule has 0 saturated heterocycles. The molecule has 5 nitrogen and oxygen atoms in total. The molecule has 0 aliphatic rings. The first kappa shape index (κ1) is 13.5. The minimum atomic E-state index is -0.951. The normalized spacial score (nSPS) is 10.6. The molecule has 2 aromatic heterocycles. The van der Waals surface area contributed by atoms with Gasteiger partial charge in [-0.1, -0.05) is 6.92 Å². The Balaban J connectivity index is 2.15. The Labute approximate surface area is 114 Å². The van der Waals surface area contributed by atoms with Gasteiger partial charge in [0.05, 0.1) is 11.3 Å². The van der Waals surface area contributed by atoms with Crippen LogP contribution in [0, 0.1) is 0 Å². The highest BCUT2D eigenvalue weighted by Gasteiger charge is 2.13. The Hall–Kier alpha value is -1.95. The third-order valence-electron chi connectivity index (χ3n) is 2.70. The molecule has 2 heterocycles. The van der Waals surface area contributed by atoms with E-state index in [0.717, 1.165) is 17.2 Å². The van der Waals surface area contributed by atoms with Crippen LogP contribution in [0.4, 0.5) is 0 Å². The SMILES string of the molecule is CCc1nccn1-c1ccc(C(=O)CCC(=O)O)s1. The van der Waals surface area contributed by atoms with Crippen LogP contribution in [0.1, 0.15) is 35.3 Å². The van der Waals surface area contributed by atoms with E-state index < -0.39 is 5.97 Å². The number of nitrogens with zero attached hydrogens (tertiary/aromatic N) is 2. The molecule has 0 unspecified atom stereocenters. The molecule has 0 fully saturated rings.